The first-order valence-corrected chi connectivity index (χ1v) is 15.4. The molecule has 3 heterocycles. The molecule has 7 nitrogen and oxygen atoms in total. The van der Waals surface area contributed by atoms with Gasteiger partial charge in [-0.2, -0.15) is 0 Å². The van der Waals surface area contributed by atoms with Crippen LogP contribution in [0.5, 0.6) is 0 Å². The summed E-state index contributed by atoms with van der Waals surface area (Å²) in [4.78, 5) is 48.4. The molecule has 3 aliphatic heterocycles. The van der Waals surface area contributed by atoms with Gasteiger partial charge in [0.05, 0.1) is 29.2 Å². The molecule has 3 unspecified atom stereocenters. The smallest absolute Gasteiger partial charge is 0.247 e. The second kappa shape index (κ2) is 12.1. The van der Waals surface area contributed by atoms with Gasteiger partial charge < -0.3 is 19.8 Å². The lowest BCUT2D eigenvalue weighted by Crippen LogP contribution is -2.59. The number of likely N-dealkylation sites (tertiary alicyclic amines) is 1. The van der Waals surface area contributed by atoms with Crippen molar-refractivity contribution in [2.45, 2.75) is 80.5 Å². The molecule has 0 saturated carbocycles. The fourth-order valence-corrected chi connectivity index (χ4v) is 9.76. The van der Waals surface area contributed by atoms with Crippen LogP contribution in [0.15, 0.2) is 55.6 Å². The third-order valence-electron chi connectivity index (χ3n) is 9.26. The second-order valence-corrected chi connectivity index (χ2v) is 13.8. The number of thioether (sulfide) groups is 1. The molecule has 0 aliphatic carbocycles. The van der Waals surface area contributed by atoms with Gasteiger partial charge in [0.15, 0.2) is 0 Å². The third kappa shape index (κ3) is 5.02. The maximum Gasteiger partial charge on any atom is 0.247 e. The first kappa shape index (κ1) is 30.4. The summed E-state index contributed by atoms with van der Waals surface area (Å²) in [5.74, 6) is -1.53. The van der Waals surface area contributed by atoms with Gasteiger partial charge in [-0.25, -0.2) is 0 Å². The molecule has 1 spiro atoms. The van der Waals surface area contributed by atoms with Crippen molar-refractivity contribution in [3.8, 4) is 0 Å². The average Bonchev–Trinajstić information content (AvgIpc) is 3.51. The van der Waals surface area contributed by atoms with Gasteiger partial charge in [-0.15, -0.1) is 24.9 Å². The molecular weight excluding hydrogens is 522 g/mol. The van der Waals surface area contributed by atoms with E-state index in [9.17, 15) is 19.5 Å². The molecule has 3 fully saturated rings. The van der Waals surface area contributed by atoms with Crippen LogP contribution in [0.3, 0.4) is 0 Å². The average molecular weight is 568 g/mol. The topological polar surface area (TPSA) is 81.2 Å². The monoisotopic (exact) mass is 567 g/mol. The molecule has 218 valence electrons. The maximum absolute atomic E-state index is 14.7. The molecule has 0 aromatic heterocycles. The Hall–Kier alpha value is -2.58. The standard InChI is InChI=1S/C32H45N3O4S/c1-7-13-22(4)34(19-9-3)30(39)27-32-17-16-31(5,40-32)25(28(37)33(6)18-8-2)26(32)29(38)35(27)24(21-36)20-23-14-11-10-12-15-23/h8-12,14-15,22,24-27,36H,2-3,7,13,16-21H2,1,4-6H3/t22?,24-,25+,26+,27?,31-,32?/m1/s1. The lowest BCUT2D eigenvalue weighted by atomic mass is 9.66. The summed E-state index contributed by atoms with van der Waals surface area (Å²) in [5, 5.41) is 10.7. The number of rotatable bonds is 13. The summed E-state index contributed by atoms with van der Waals surface area (Å²) < 4.78 is -1.17. The van der Waals surface area contributed by atoms with E-state index in [-0.39, 0.29) is 30.4 Å². The van der Waals surface area contributed by atoms with Crippen LogP contribution in [0, 0.1) is 11.8 Å². The normalized spacial score (nSPS) is 30.1. The van der Waals surface area contributed by atoms with Crippen LogP contribution >= 0.6 is 11.8 Å². The van der Waals surface area contributed by atoms with E-state index in [0.29, 0.717) is 25.9 Å². The Labute approximate surface area is 243 Å². The quantitative estimate of drug-likeness (QED) is 0.366. The molecule has 1 N–H and O–H groups in total. The van der Waals surface area contributed by atoms with E-state index in [1.807, 2.05) is 42.2 Å². The third-order valence-corrected chi connectivity index (χ3v) is 11.2. The van der Waals surface area contributed by atoms with Crippen LogP contribution in [0.4, 0.5) is 0 Å². The zero-order chi connectivity index (χ0) is 29.2. The van der Waals surface area contributed by atoms with Crippen molar-refractivity contribution in [3.05, 3.63) is 61.2 Å². The summed E-state index contributed by atoms with van der Waals surface area (Å²) in [6.07, 6.45) is 7.06. The number of hydrogen-bond donors (Lipinski definition) is 1. The fourth-order valence-electron chi connectivity index (χ4n) is 7.43. The largest absolute Gasteiger partial charge is 0.394 e. The molecular formula is C32H45N3O4S. The summed E-state index contributed by atoms with van der Waals surface area (Å²) in [6.45, 7) is 14.4. The molecule has 0 radical (unpaired) electrons. The number of nitrogens with zero attached hydrogens (tertiary/aromatic N) is 3. The van der Waals surface area contributed by atoms with Gasteiger partial charge in [-0.3, -0.25) is 14.4 Å². The van der Waals surface area contributed by atoms with E-state index < -0.39 is 33.4 Å². The van der Waals surface area contributed by atoms with E-state index in [1.54, 1.807) is 40.8 Å². The van der Waals surface area contributed by atoms with E-state index in [1.165, 1.54) is 0 Å². The molecule has 7 atom stereocenters. The van der Waals surface area contributed by atoms with Gasteiger partial charge in [0, 0.05) is 30.9 Å². The van der Waals surface area contributed by atoms with Gasteiger partial charge >= 0.3 is 0 Å². The summed E-state index contributed by atoms with van der Waals surface area (Å²) in [6, 6.07) is 8.39. The molecule has 40 heavy (non-hydrogen) atoms. The molecule has 2 bridgehead atoms. The van der Waals surface area contributed by atoms with Gasteiger partial charge in [-0.05, 0) is 45.1 Å². The minimum atomic E-state index is -0.764. The Morgan fingerprint density at radius 2 is 1.85 bits per heavy atom. The van der Waals surface area contributed by atoms with Gasteiger partial charge in [-0.1, -0.05) is 55.8 Å². The molecule has 1 aromatic carbocycles. The molecule has 8 heteroatoms. The van der Waals surface area contributed by atoms with E-state index >= 15 is 0 Å². The number of carbonyl (C=O) groups is 3. The van der Waals surface area contributed by atoms with Crippen LogP contribution in [-0.4, -0.2) is 91.9 Å². The molecule has 3 saturated heterocycles. The Kier molecular flexibility index (Phi) is 9.20. The maximum atomic E-state index is 14.7. The van der Waals surface area contributed by atoms with Crippen LogP contribution in [-0.2, 0) is 20.8 Å². The van der Waals surface area contributed by atoms with E-state index in [4.69, 9.17) is 0 Å². The van der Waals surface area contributed by atoms with Crippen molar-refractivity contribution in [2.75, 3.05) is 26.7 Å². The number of hydrogen-bond acceptors (Lipinski definition) is 5. The lowest BCUT2D eigenvalue weighted by molar-refractivity contribution is -0.148. The predicted molar refractivity (Wildman–Crippen MR) is 161 cm³/mol. The van der Waals surface area contributed by atoms with Crippen LogP contribution in [0.2, 0.25) is 0 Å². The fraction of sp³-hybridized carbons (Fsp3) is 0.594. The number of benzene rings is 1. The molecule has 1 aromatic rings. The Bertz CT molecular complexity index is 1130. The van der Waals surface area contributed by atoms with Gasteiger partial charge in [0.2, 0.25) is 17.7 Å². The van der Waals surface area contributed by atoms with Crippen LogP contribution in [0.25, 0.3) is 0 Å². The zero-order valence-electron chi connectivity index (χ0n) is 24.4. The highest BCUT2D eigenvalue weighted by molar-refractivity contribution is 8.02. The molecule has 3 aliphatic rings. The lowest BCUT2D eigenvalue weighted by Gasteiger charge is -2.41. The minimum Gasteiger partial charge on any atom is -0.394 e. The zero-order valence-corrected chi connectivity index (χ0v) is 25.2. The van der Waals surface area contributed by atoms with Crippen molar-refractivity contribution >= 4 is 29.5 Å². The SMILES string of the molecule is C=CCN(C)C(=O)[C@@H]1[C@H]2C(=O)N([C@@H](CO)Cc3ccccc3)C(C(=O)N(CC=C)C(C)CCC)C23CC[C@@]1(C)S3. The number of likely N-dealkylation sites (N-methyl/N-ethyl adjacent to an activating group) is 1. The van der Waals surface area contributed by atoms with Crippen LogP contribution < -0.4 is 0 Å². The summed E-state index contributed by atoms with van der Waals surface area (Å²) in [7, 11) is 1.75. The Balaban J connectivity index is 1.83. The first-order valence-electron chi connectivity index (χ1n) is 14.5. The van der Waals surface area contributed by atoms with Gasteiger partial charge in [0.1, 0.15) is 6.04 Å². The minimum absolute atomic E-state index is 0.0278. The van der Waals surface area contributed by atoms with Crippen LogP contribution in [0.1, 0.15) is 52.0 Å². The van der Waals surface area contributed by atoms with Gasteiger partial charge in [0.25, 0.3) is 0 Å². The summed E-state index contributed by atoms with van der Waals surface area (Å²) in [5.41, 5.74) is 0.986. The molecule has 4 rings (SSSR count). The number of carbonyl (C=O) groups excluding carboxylic acids is 3. The number of fused-ring (bicyclic) bond motifs is 1. The van der Waals surface area contributed by atoms with Crippen molar-refractivity contribution in [2.24, 2.45) is 11.8 Å². The first-order chi connectivity index (χ1) is 19.1. The van der Waals surface area contributed by atoms with Crippen molar-refractivity contribution in [1.29, 1.82) is 0 Å². The summed E-state index contributed by atoms with van der Waals surface area (Å²) >= 11 is 1.67. The van der Waals surface area contributed by atoms with E-state index in [0.717, 1.165) is 24.8 Å². The Morgan fingerprint density at radius 3 is 2.45 bits per heavy atom. The number of amides is 3. The van der Waals surface area contributed by atoms with Crippen molar-refractivity contribution < 1.29 is 19.5 Å². The van der Waals surface area contributed by atoms with E-state index in [2.05, 4.69) is 27.0 Å². The number of aliphatic hydroxyl groups excluding tert-OH is 1. The highest BCUT2D eigenvalue weighted by Gasteiger charge is 2.78. The number of aliphatic hydroxyl groups is 1. The van der Waals surface area contributed by atoms with Crippen molar-refractivity contribution in [1.82, 2.24) is 14.7 Å². The highest BCUT2D eigenvalue weighted by Crippen LogP contribution is 2.72. The second-order valence-electron chi connectivity index (χ2n) is 11.9. The highest BCUT2D eigenvalue weighted by atomic mass is 32.2. The Morgan fingerprint density at radius 1 is 1.18 bits per heavy atom. The van der Waals surface area contributed by atoms with Crippen molar-refractivity contribution in [3.63, 3.8) is 0 Å². The molecule has 3 amide bonds. The predicted octanol–water partition coefficient (Wildman–Crippen LogP) is 3.92.